The third-order valence-electron chi connectivity index (χ3n) is 6.72. The summed E-state index contributed by atoms with van der Waals surface area (Å²) >= 11 is 0. The lowest BCUT2D eigenvalue weighted by molar-refractivity contribution is -0.132. The molecule has 9 heteroatoms. The molecule has 3 rings (SSSR count). The predicted octanol–water partition coefficient (Wildman–Crippen LogP) is 0.978. The number of ether oxygens (including phenoxy) is 1. The summed E-state index contributed by atoms with van der Waals surface area (Å²) in [6, 6.07) is 1.24. The zero-order valence-corrected chi connectivity index (χ0v) is 21.5. The van der Waals surface area contributed by atoms with Gasteiger partial charge in [0.15, 0.2) is 0 Å². The van der Waals surface area contributed by atoms with Crippen molar-refractivity contribution in [1.82, 2.24) is 19.7 Å². The summed E-state index contributed by atoms with van der Waals surface area (Å²) in [5, 5.41) is 20.4. The van der Waals surface area contributed by atoms with E-state index in [0.29, 0.717) is 31.5 Å². The number of aromatic nitrogens is 1. The lowest BCUT2D eigenvalue weighted by Crippen LogP contribution is -2.51. The normalized spacial score (nSPS) is 22.4. The van der Waals surface area contributed by atoms with Gasteiger partial charge in [0.25, 0.3) is 5.91 Å². The summed E-state index contributed by atoms with van der Waals surface area (Å²) in [4.78, 5) is 35.5. The van der Waals surface area contributed by atoms with Crippen molar-refractivity contribution in [1.29, 1.82) is 0 Å². The average molecular weight is 487 g/mol. The Bertz CT molecular complexity index is 980. The smallest absolute Gasteiger partial charge is 0.259 e. The molecule has 1 aromatic rings. The molecule has 0 bridgehead atoms. The monoisotopic (exact) mass is 486 g/mol. The number of nitrogens with zero attached hydrogens (tertiary/aromatic N) is 4. The Morgan fingerprint density at radius 1 is 1.34 bits per heavy atom. The fraction of sp³-hybridized carbons (Fsp3) is 0.654. The van der Waals surface area contributed by atoms with Gasteiger partial charge in [-0.2, -0.15) is 0 Å². The van der Waals surface area contributed by atoms with Crippen molar-refractivity contribution in [3.8, 4) is 17.7 Å². The summed E-state index contributed by atoms with van der Waals surface area (Å²) in [5.74, 6) is 5.67. The zero-order chi connectivity index (χ0) is 25.8. The van der Waals surface area contributed by atoms with Crippen molar-refractivity contribution < 1.29 is 24.5 Å². The van der Waals surface area contributed by atoms with Crippen LogP contribution in [0.5, 0.6) is 5.88 Å². The molecule has 2 amide bonds. The predicted molar refractivity (Wildman–Crippen MR) is 132 cm³/mol. The molecule has 1 saturated carbocycles. The first kappa shape index (κ1) is 26.9. The molecule has 1 fully saturated rings. The van der Waals surface area contributed by atoms with Gasteiger partial charge in [-0.05, 0) is 52.8 Å². The van der Waals surface area contributed by atoms with Gasteiger partial charge in [-0.1, -0.05) is 18.8 Å². The van der Waals surface area contributed by atoms with Crippen molar-refractivity contribution in [2.75, 3.05) is 47.4 Å². The van der Waals surface area contributed by atoms with E-state index in [1.165, 1.54) is 0 Å². The quantitative estimate of drug-likeness (QED) is 0.578. The molecule has 1 aromatic heterocycles. The van der Waals surface area contributed by atoms with E-state index >= 15 is 0 Å². The van der Waals surface area contributed by atoms with Crippen LogP contribution in [0, 0.1) is 17.8 Å². The Morgan fingerprint density at radius 2 is 2.03 bits per heavy atom. The second-order valence-electron chi connectivity index (χ2n) is 10.2. The first-order chi connectivity index (χ1) is 16.5. The first-order valence-electron chi connectivity index (χ1n) is 12.3. The first-order valence-corrected chi connectivity index (χ1v) is 12.3. The molecule has 0 radical (unpaired) electrons. The molecular weight excluding hydrogens is 448 g/mol. The second-order valence-corrected chi connectivity index (χ2v) is 10.2. The molecule has 0 spiro atoms. The lowest BCUT2D eigenvalue weighted by atomic mass is 9.99. The minimum Gasteiger partial charge on any atom is -0.472 e. The Morgan fingerprint density at radius 3 is 2.66 bits per heavy atom. The molecule has 192 valence electrons. The average Bonchev–Trinajstić information content (AvgIpc) is 3.25. The van der Waals surface area contributed by atoms with Crippen LogP contribution in [0.3, 0.4) is 0 Å². The number of aliphatic hydroxyl groups is 2. The van der Waals surface area contributed by atoms with E-state index in [9.17, 15) is 19.8 Å². The SMILES string of the molecule is C[C@H]1CN([C@@H](C)CO)C(=O)c2cc(C#CC3(O)CCCC3)cnc2O[C@H]1CN(C)C(=O)CN(C)C. The maximum absolute atomic E-state index is 13.5. The van der Waals surface area contributed by atoms with E-state index in [-0.39, 0.29) is 42.3 Å². The van der Waals surface area contributed by atoms with Gasteiger partial charge < -0.3 is 29.6 Å². The summed E-state index contributed by atoms with van der Waals surface area (Å²) in [6.07, 6.45) is 4.30. The molecule has 2 heterocycles. The molecule has 2 aliphatic rings. The highest BCUT2D eigenvalue weighted by molar-refractivity contribution is 5.97. The lowest BCUT2D eigenvalue weighted by Gasteiger charge is -2.37. The van der Waals surface area contributed by atoms with Crippen molar-refractivity contribution in [2.45, 2.75) is 57.3 Å². The minimum atomic E-state index is -0.994. The maximum atomic E-state index is 13.5. The van der Waals surface area contributed by atoms with Crippen LogP contribution in [-0.4, -0.2) is 107 Å². The minimum absolute atomic E-state index is 0.0341. The number of aliphatic hydroxyl groups excluding tert-OH is 1. The standard InChI is InChI=1S/C26H38N4O5/c1-18-14-30(19(2)17-31)25(33)21-12-20(8-11-26(34)9-6-7-10-26)13-27-24(21)35-22(18)15-29(5)23(32)16-28(3)4/h12-13,18-19,22,31,34H,6-7,9-10,14-17H2,1-5H3/t18-,19-,22-/m0/s1. The van der Waals surface area contributed by atoms with E-state index in [2.05, 4.69) is 16.8 Å². The molecule has 9 nitrogen and oxygen atoms in total. The Balaban J connectivity index is 1.93. The summed E-state index contributed by atoms with van der Waals surface area (Å²) < 4.78 is 6.23. The summed E-state index contributed by atoms with van der Waals surface area (Å²) in [6.45, 7) is 4.55. The van der Waals surface area contributed by atoms with Gasteiger partial charge in [-0.25, -0.2) is 4.98 Å². The third kappa shape index (κ3) is 6.72. The summed E-state index contributed by atoms with van der Waals surface area (Å²) in [5.41, 5.74) is -0.220. The Kier molecular flexibility index (Phi) is 8.75. The topological polar surface area (TPSA) is 106 Å². The van der Waals surface area contributed by atoms with Gasteiger partial charge in [-0.3, -0.25) is 9.59 Å². The Labute approximate surface area is 208 Å². The van der Waals surface area contributed by atoms with Crippen molar-refractivity contribution in [3.05, 3.63) is 23.4 Å². The van der Waals surface area contributed by atoms with E-state index < -0.39 is 17.7 Å². The molecule has 35 heavy (non-hydrogen) atoms. The fourth-order valence-corrected chi connectivity index (χ4v) is 4.42. The fourth-order valence-electron chi connectivity index (χ4n) is 4.42. The van der Waals surface area contributed by atoms with Crippen LogP contribution in [0.25, 0.3) is 0 Å². The zero-order valence-electron chi connectivity index (χ0n) is 21.5. The van der Waals surface area contributed by atoms with Gasteiger partial charge >= 0.3 is 0 Å². The van der Waals surface area contributed by atoms with Gasteiger partial charge in [0.2, 0.25) is 11.8 Å². The van der Waals surface area contributed by atoms with Crippen LogP contribution in [0.4, 0.5) is 0 Å². The number of hydrogen-bond acceptors (Lipinski definition) is 7. The van der Waals surface area contributed by atoms with Gasteiger partial charge in [0, 0.05) is 31.3 Å². The van der Waals surface area contributed by atoms with Crippen molar-refractivity contribution >= 4 is 11.8 Å². The molecule has 3 atom stereocenters. The number of carbonyl (C=O) groups excluding carboxylic acids is 2. The number of likely N-dealkylation sites (N-methyl/N-ethyl adjacent to an activating group) is 2. The Hall–Kier alpha value is -2.67. The number of fused-ring (bicyclic) bond motifs is 1. The van der Waals surface area contributed by atoms with Crippen LogP contribution in [0.2, 0.25) is 0 Å². The molecule has 2 N–H and O–H groups in total. The van der Waals surface area contributed by atoms with Crippen LogP contribution < -0.4 is 4.74 Å². The molecule has 0 unspecified atom stereocenters. The van der Waals surface area contributed by atoms with E-state index in [0.717, 1.165) is 12.8 Å². The van der Waals surface area contributed by atoms with Crippen LogP contribution in [-0.2, 0) is 4.79 Å². The molecule has 1 aliphatic heterocycles. The largest absolute Gasteiger partial charge is 0.472 e. The number of rotatable bonds is 6. The highest BCUT2D eigenvalue weighted by Crippen LogP contribution is 2.30. The highest BCUT2D eigenvalue weighted by atomic mass is 16.5. The maximum Gasteiger partial charge on any atom is 0.259 e. The third-order valence-corrected chi connectivity index (χ3v) is 6.72. The van der Waals surface area contributed by atoms with E-state index in [1.807, 2.05) is 25.9 Å². The van der Waals surface area contributed by atoms with Gasteiger partial charge in [0.1, 0.15) is 17.3 Å². The molecule has 0 saturated heterocycles. The molecular formula is C26H38N4O5. The summed E-state index contributed by atoms with van der Waals surface area (Å²) in [7, 11) is 5.42. The van der Waals surface area contributed by atoms with E-state index in [4.69, 9.17) is 4.74 Å². The van der Waals surface area contributed by atoms with Crippen LogP contribution >= 0.6 is 0 Å². The van der Waals surface area contributed by atoms with Crippen LogP contribution in [0.1, 0.15) is 55.5 Å². The number of pyridine rings is 1. The molecule has 0 aromatic carbocycles. The van der Waals surface area contributed by atoms with Gasteiger partial charge in [-0.15, -0.1) is 0 Å². The second kappa shape index (κ2) is 11.4. The van der Waals surface area contributed by atoms with Crippen molar-refractivity contribution in [2.24, 2.45) is 5.92 Å². The highest BCUT2D eigenvalue weighted by Gasteiger charge is 2.35. The van der Waals surface area contributed by atoms with E-state index in [1.54, 1.807) is 36.0 Å². The molecule has 1 aliphatic carbocycles. The van der Waals surface area contributed by atoms with Crippen molar-refractivity contribution in [3.63, 3.8) is 0 Å². The number of amides is 2. The van der Waals surface area contributed by atoms with Crippen LogP contribution in [0.15, 0.2) is 12.3 Å². The number of carbonyl (C=O) groups is 2. The van der Waals surface area contributed by atoms with Gasteiger partial charge in [0.05, 0.1) is 25.7 Å². The number of hydrogen-bond donors (Lipinski definition) is 2.